The zero-order valence-corrected chi connectivity index (χ0v) is 19.1. The van der Waals surface area contributed by atoms with Crippen molar-refractivity contribution in [2.24, 2.45) is 0 Å². The standard InChI is InChI=1S/C24H31ClN2O3/c1-17(23(29)26-24(2,3)4)27(16-18-9-8-11-20(15-18)30-5)22(28)14-13-19-10-6-7-12-21(19)25/h6-12,15,17H,13-14,16H2,1-5H3,(H,26,29)/t17-/m1/s1. The van der Waals surface area contributed by atoms with Crippen LogP contribution in [-0.2, 0) is 22.6 Å². The first-order valence-electron chi connectivity index (χ1n) is 10.1. The Morgan fingerprint density at radius 1 is 1.13 bits per heavy atom. The van der Waals surface area contributed by atoms with Gasteiger partial charge in [0.25, 0.3) is 0 Å². The van der Waals surface area contributed by atoms with Crippen molar-refractivity contribution in [3.05, 3.63) is 64.7 Å². The van der Waals surface area contributed by atoms with Gasteiger partial charge in [-0.15, -0.1) is 0 Å². The van der Waals surface area contributed by atoms with Crippen molar-refractivity contribution in [3.8, 4) is 5.75 Å². The molecule has 0 bridgehead atoms. The van der Waals surface area contributed by atoms with Crippen molar-refractivity contribution in [1.82, 2.24) is 10.2 Å². The van der Waals surface area contributed by atoms with Crippen LogP contribution in [0.5, 0.6) is 5.75 Å². The van der Waals surface area contributed by atoms with E-state index in [0.29, 0.717) is 23.7 Å². The number of nitrogens with zero attached hydrogens (tertiary/aromatic N) is 1. The van der Waals surface area contributed by atoms with Crippen LogP contribution in [0.1, 0.15) is 45.2 Å². The van der Waals surface area contributed by atoms with Crippen LogP contribution in [-0.4, -0.2) is 35.4 Å². The van der Waals surface area contributed by atoms with Crippen LogP contribution in [0, 0.1) is 0 Å². The zero-order valence-electron chi connectivity index (χ0n) is 18.4. The summed E-state index contributed by atoms with van der Waals surface area (Å²) < 4.78 is 5.29. The molecule has 0 saturated carbocycles. The van der Waals surface area contributed by atoms with Crippen LogP contribution in [0.4, 0.5) is 0 Å². The van der Waals surface area contributed by atoms with Gasteiger partial charge in [-0.1, -0.05) is 41.9 Å². The van der Waals surface area contributed by atoms with Gasteiger partial charge in [-0.2, -0.15) is 0 Å². The van der Waals surface area contributed by atoms with Crippen LogP contribution in [0.3, 0.4) is 0 Å². The van der Waals surface area contributed by atoms with Crippen molar-refractivity contribution in [3.63, 3.8) is 0 Å². The fraction of sp³-hybridized carbons (Fsp3) is 0.417. The molecule has 6 heteroatoms. The lowest BCUT2D eigenvalue weighted by Gasteiger charge is -2.31. The number of aryl methyl sites for hydroxylation is 1. The summed E-state index contributed by atoms with van der Waals surface area (Å²) in [5.41, 5.74) is 1.43. The molecular formula is C24H31ClN2O3. The molecule has 0 aliphatic rings. The Morgan fingerprint density at radius 3 is 2.47 bits per heavy atom. The SMILES string of the molecule is COc1cccc(CN(C(=O)CCc2ccccc2Cl)[C@H](C)C(=O)NC(C)(C)C)c1. The number of carbonyl (C=O) groups excluding carboxylic acids is 2. The summed E-state index contributed by atoms with van der Waals surface area (Å²) in [7, 11) is 1.60. The van der Waals surface area contributed by atoms with E-state index in [2.05, 4.69) is 5.32 Å². The van der Waals surface area contributed by atoms with E-state index >= 15 is 0 Å². The zero-order chi connectivity index (χ0) is 22.3. The lowest BCUT2D eigenvalue weighted by atomic mass is 10.1. The Balaban J connectivity index is 2.21. The number of benzene rings is 2. The van der Waals surface area contributed by atoms with E-state index < -0.39 is 6.04 Å². The molecule has 2 rings (SSSR count). The normalized spacial score (nSPS) is 12.2. The molecule has 5 nitrogen and oxygen atoms in total. The van der Waals surface area contributed by atoms with Gasteiger partial charge in [0, 0.05) is 23.5 Å². The van der Waals surface area contributed by atoms with Gasteiger partial charge in [-0.25, -0.2) is 0 Å². The number of carbonyl (C=O) groups is 2. The Bertz CT molecular complexity index is 877. The highest BCUT2D eigenvalue weighted by Gasteiger charge is 2.28. The van der Waals surface area contributed by atoms with Crippen molar-refractivity contribution in [2.75, 3.05) is 7.11 Å². The predicted molar refractivity (Wildman–Crippen MR) is 121 cm³/mol. The maximum Gasteiger partial charge on any atom is 0.242 e. The third-order valence-corrected chi connectivity index (χ3v) is 5.09. The van der Waals surface area contributed by atoms with Gasteiger partial charge in [0.2, 0.25) is 11.8 Å². The van der Waals surface area contributed by atoms with Crippen molar-refractivity contribution < 1.29 is 14.3 Å². The minimum atomic E-state index is -0.617. The predicted octanol–water partition coefficient (Wildman–Crippen LogP) is 4.61. The lowest BCUT2D eigenvalue weighted by molar-refractivity contribution is -0.141. The molecule has 0 heterocycles. The average molecular weight is 431 g/mol. The molecule has 0 aromatic heterocycles. The van der Waals surface area contributed by atoms with E-state index in [1.165, 1.54) is 0 Å². The van der Waals surface area contributed by atoms with Gasteiger partial charge in [0.05, 0.1) is 7.11 Å². The van der Waals surface area contributed by atoms with E-state index in [4.69, 9.17) is 16.3 Å². The van der Waals surface area contributed by atoms with Crippen molar-refractivity contribution in [2.45, 2.75) is 58.7 Å². The second kappa shape index (κ2) is 10.5. The number of nitrogens with one attached hydrogen (secondary N) is 1. The summed E-state index contributed by atoms with van der Waals surface area (Å²) in [6.45, 7) is 7.83. The fourth-order valence-electron chi connectivity index (χ4n) is 3.11. The molecule has 0 saturated heterocycles. The summed E-state index contributed by atoms with van der Waals surface area (Å²) in [5.74, 6) is 0.425. The first kappa shape index (κ1) is 23.7. The second-order valence-corrected chi connectivity index (χ2v) is 8.79. The molecule has 0 aliphatic carbocycles. The molecule has 1 N–H and O–H groups in total. The highest BCUT2D eigenvalue weighted by atomic mass is 35.5. The highest BCUT2D eigenvalue weighted by molar-refractivity contribution is 6.31. The molecule has 2 aromatic carbocycles. The number of methoxy groups -OCH3 is 1. The van der Waals surface area contributed by atoms with Gasteiger partial charge in [0.15, 0.2) is 0 Å². The number of halogens is 1. The molecule has 2 aromatic rings. The summed E-state index contributed by atoms with van der Waals surface area (Å²) in [6.07, 6.45) is 0.779. The number of hydrogen-bond donors (Lipinski definition) is 1. The molecule has 1 atom stereocenters. The van der Waals surface area contributed by atoms with E-state index in [9.17, 15) is 9.59 Å². The van der Waals surface area contributed by atoms with Crippen LogP contribution in [0.15, 0.2) is 48.5 Å². The fourth-order valence-corrected chi connectivity index (χ4v) is 3.34. The van der Waals surface area contributed by atoms with E-state index in [0.717, 1.165) is 11.1 Å². The van der Waals surface area contributed by atoms with Gasteiger partial charge in [0.1, 0.15) is 11.8 Å². The smallest absolute Gasteiger partial charge is 0.242 e. The summed E-state index contributed by atoms with van der Waals surface area (Å²) >= 11 is 6.23. The Hall–Kier alpha value is -2.53. The molecule has 2 amide bonds. The Kier molecular flexibility index (Phi) is 8.30. The molecule has 30 heavy (non-hydrogen) atoms. The third kappa shape index (κ3) is 7.06. The van der Waals surface area contributed by atoms with Crippen LogP contribution in [0.25, 0.3) is 0 Å². The van der Waals surface area contributed by atoms with E-state index in [1.54, 1.807) is 18.9 Å². The van der Waals surface area contributed by atoms with Crippen molar-refractivity contribution >= 4 is 23.4 Å². The molecular weight excluding hydrogens is 400 g/mol. The number of amides is 2. The molecule has 0 fully saturated rings. The molecule has 0 spiro atoms. The molecule has 0 aliphatic heterocycles. The van der Waals surface area contributed by atoms with E-state index in [1.807, 2.05) is 69.3 Å². The Labute approximate surface area is 184 Å². The molecule has 0 unspecified atom stereocenters. The maximum atomic E-state index is 13.2. The third-order valence-electron chi connectivity index (χ3n) is 4.72. The minimum Gasteiger partial charge on any atom is -0.497 e. The van der Waals surface area contributed by atoms with Crippen molar-refractivity contribution in [1.29, 1.82) is 0 Å². The van der Waals surface area contributed by atoms with Gasteiger partial charge in [-0.3, -0.25) is 9.59 Å². The van der Waals surface area contributed by atoms with Crippen LogP contribution < -0.4 is 10.1 Å². The highest BCUT2D eigenvalue weighted by Crippen LogP contribution is 2.20. The number of hydrogen-bond acceptors (Lipinski definition) is 3. The van der Waals surface area contributed by atoms with Gasteiger partial charge < -0.3 is 15.0 Å². The van der Waals surface area contributed by atoms with Crippen LogP contribution in [0.2, 0.25) is 5.02 Å². The number of rotatable bonds is 8. The first-order chi connectivity index (χ1) is 14.1. The van der Waals surface area contributed by atoms with Gasteiger partial charge >= 0.3 is 0 Å². The topological polar surface area (TPSA) is 58.6 Å². The maximum absolute atomic E-state index is 13.2. The number of ether oxygens (including phenoxy) is 1. The largest absolute Gasteiger partial charge is 0.497 e. The first-order valence-corrected chi connectivity index (χ1v) is 10.5. The summed E-state index contributed by atoms with van der Waals surface area (Å²) in [6, 6.07) is 14.4. The monoisotopic (exact) mass is 430 g/mol. The average Bonchev–Trinajstić information content (AvgIpc) is 2.69. The Morgan fingerprint density at radius 2 is 1.83 bits per heavy atom. The van der Waals surface area contributed by atoms with Gasteiger partial charge in [-0.05, 0) is 63.4 Å². The second-order valence-electron chi connectivity index (χ2n) is 8.38. The quantitative estimate of drug-likeness (QED) is 0.665. The lowest BCUT2D eigenvalue weighted by Crippen LogP contribution is -2.52. The van der Waals surface area contributed by atoms with Crippen LogP contribution >= 0.6 is 11.6 Å². The van der Waals surface area contributed by atoms with E-state index in [-0.39, 0.29) is 23.8 Å². The molecule has 0 radical (unpaired) electrons. The molecule has 162 valence electrons. The minimum absolute atomic E-state index is 0.103. The summed E-state index contributed by atoms with van der Waals surface area (Å²) in [4.78, 5) is 27.6. The summed E-state index contributed by atoms with van der Waals surface area (Å²) in [5, 5.41) is 3.61.